The highest BCUT2D eigenvalue weighted by Crippen LogP contribution is 2.54. The van der Waals surface area contributed by atoms with Gasteiger partial charge in [-0.1, -0.05) is 27.7 Å². The first-order chi connectivity index (χ1) is 9.52. The first-order valence-electron chi connectivity index (χ1n) is 8.59. The van der Waals surface area contributed by atoms with Crippen molar-refractivity contribution in [3.8, 4) is 0 Å². The SMILES string of the molecule is CC[C@@]1(NC)C[C@H]2OC(C)(C)O[C@@]2(C)C(C)(C)CC[C@H]1C. The lowest BCUT2D eigenvalue weighted by Gasteiger charge is -2.51. The van der Waals surface area contributed by atoms with E-state index in [2.05, 4.69) is 60.8 Å². The molecule has 0 aromatic heterocycles. The topological polar surface area (TPSA) is 30.5 Å². The Morgan fingerprint density at radius 3 is 2.29 bits per heavy atom. The Morgan fingerprint density at radius 1 is 1.14 bits per heavy atom. The Morgan fingerprint density at radius 2 is 1.76 bits per heavy atom. The summed E-state index contributed by atoms with van der Waals surface area (Å²) in [4.78, 5) is 0. The molecule has 0 amide bonds. The maximum atomic E-state index is 6.46. The van der Waals surface area contributed by atoms with Crippen molar-refractivity contribution in [1.29, 1.82) is 0 Å². The van der Waals surface area contributed by atoms with Gasteiger partial charge in [0.05, 0.1) is 6.10 Å². The molecule has 4 atom stereocenters. The van der Waals surface area contributed by atoms with E-state index in [1.165, 1.54) is 12.8 Å². The summed E-state index contributed by atoms with van der Waals surface area (Å²) in [6.07, 6.45) is 4.68. The van der Waals surface area contributed by atoms with E-state index in [-0.39, 0.29) is 22.7 Å². The van der Waals surface area contributed by atoms with Crippen molar-refractivity contribution in [3.05, 3.63) is 0 Å². The molecule has 0 radical (unpaired) electrons. The van der Waals surface area contributed by atoms with Crippen molar-refractivity contribution < 1.29 is 9.47 Å². The van der Waals surface area contributed by atoms with Gasteiger partial charge >= 0.3 is 0 Å². The number of rotatable bonds is 2. The number of fused-ring (bicyclic) bond motifs is 1. The zero-order valence-corrected chi connectivity index (χ0v) is 15.3. The zero-order valence-electron chi connectivity index (χ0n) is 15.3. The quantitative estimate of drug-likeness (QED) is 0.832. The van der Waals surface area contributed by atoms with Crippen LogP contribution < -0.4 is 5.32 Å². The van der Waals surface area contributed by atoms with Gasteiger partial charge in [0.15, 0.2) is 5.79 Å². The summed E-state index contributed by atoms with van der Waals surface area (Å²) in [7, 11) is 2.10. The minimum atomic E-state index is -0.489. The highest BCUT2D eigenvalue weighted by molar-refractivity contribution is 5.09. The fourth-order valence-corrected chi connectivity index (χ4v) is 4.52. The molecule has 0 aromatic carbocycles. The van der Waals surface area contributed by atoms with Crippen molar-refractivity contribution >= 4 is 0 Å². The predicted octanol–water partition coefficient (Wildman–Crippen LogP) is 4.11. The molecule has 0 aromatic rings. The van der Waals surface area contributed by atoms with Crippen LogP contribution in [0.1, 0.15) is 74.1 Å². The van der Waals surface area contributed by atoms with Gasteiger partial charge in [0.1, 0.15) is 5.60 Å². The van der Waals surface area contributed by atoms with Crippen molar-refractivity contribution in [1.82, 2.24) is 5.32 Å². The van der Waals surface area contributed by atoms with Crippen LogP contribution >= 0.6 is 0 Å². The van der Waals surface area contributed by atoms with Crippen LogP contribution in [-0.2, 0) is 9.47 Å². The molecular formula is C18H35NO2. The normalized spacial score (nSPS) is 45.7. The van der Waals surface area contributed by atoms with Crippen LogP contribution in [0.2, 0.25) is 0 Å². The van der Waals surface area contributed by atoms with Crippen molar-refractivity contribution in [3.63, 3.8) is 0 Å². The van der Waals surface area contributed by atoms with Gasteiger partial charge in [-0.2, -0.15) is 0 Å². The number of hydrogen-bond acceptors (Lipinski definition) is 3. The summed E-state index contributed by atoms with van der Waals surface area (Å²) in [5.74, 6) is 0.154. The molecule has 1 N–H and O–H groups in total. The molecule has 1 saturated heterocycles. The molecule has 2 rings (SSSR count). The smallest absolute Gasteiger partial charge is 0.164 e. The summed E-state index contributed by atoms with van der Waals surface area (Å²) in [5, 5.41) is 3.63. The molecule has 3 heteroatoms. The Balaban J connectivity index is 2.43. The van der Waals surface area contributed by atoms with Gasteiger partial charge in [-0.15, -0.1) is 0 Å². The average Bonchev–Trinajstić information content (AvgIpc) is 2.63. The molecule has 1 saturated carbocycles. The fraction of sp³-hybridized carbons (Fsp3) is 1.00. The van der Waals surface area contributed by atoms with Crippen LogP contribution in [0.4, 0.5) is 0 Å². The second-order valence-corrected chi connectivity index (χ2v) is 8.50. The monoisotopic (exact) mass is 297 g/mol. The van der Waals surface area contributed by atoms with E-state index in [1.807, 2.05) is 0 Å². The summed E-state index contributed by atoms with van der Waals surface area (Å²) in [6.45, 7) is 15.7. The van der Waals surface area contributed by atoms with E-state index in [0.29, 0.717) is 5.92 Å². The fourth-order valence-electron chi connectivity index (χ4n) is 4.52. The Bertz CT molecular complexity index is 387. The molecule has 0 unspecified atom stereocenters. The van der Waals surface area contributed by atoms with E-state index < -0.39 is 5.79 Å². The molecule has 3 nitrogen and oxygen atoms in total. The highest BCUT2D eigenvalue weighted by atomic mass is 16.8. The van der Waals surface area contributed by atoms with Gasteiger partial charge in [-0.05, 0) is 64.8 Å². The number of hydrogen-bond donors (Lipinski definition) is 1. The lowest BCUT2D eigenvalue weighted by atomic mass is 9.61. The average molecular weight is 297 g/mol. The lowest BCUT2D eigenvalue weighted by Crippen LogP contribution is -2.59. The third kappa shape index (κ3) is 2.66. The molecule has 124 valence electrons. The zero-order chi connectivity index (χ0) is 16.1. The third-order valence-corrected chi connectivity index (χ3v) is 6.67. The van der Waals surface area contributed by atoms with Gasteiger partial charge in [0.25, 0.3) is 0 Å². The molecule has 1 aliphatic carbocycles. The molecule has 1 aliphatic heterocycles. The van der Waals surface area contributed by atoms with Gasteiger partial charge in [0, 0.05) is 5.54 Å². The van der Waals surface area contributed by atoms with E-state index >= 15 is 0 Å². The van der Waals surface area contributed by atoms with Crippen LogP contribution in [0, 0.1) is 11.3 Å². The van der Waals surface area contributed by atoms with Crippen molar-refractivity contribution in [2.75, 3.05) is 7.05 Å². The summed E-state index contributed by atoms with van der Waals surface area (Å²) in [6, 6.07) is 0. The molecule has 21 heavy (non-hydrogen) atoms. The van der Waals surface area contributed by atoms with Gasteiger partial charge in [0.2, 0.25) is 0 Å². The van der Waals surface area contributed by atoms with E-state index in [4.69, 9.17) is 9.47 Å². The molecule has 0 spiro atoms. The molecule has 2 aliphatic rings. The summed E-state index contributed by atoms with van der Waals surface area (Å²) in [5.41, 5.74) is 0.0352. The first-order valence-corrected chi connectivity index (χ1v) is 8.59. The van der Waals surface area contributed by atoms with Crippen LogP contribution in [0.15, 0.2) is 0 Å². The van der Waals surface area contributed by atoms with Crippen molar-refractivity contribution in [2.45, 2.75) is 97.2 Å². The van der Waals surface area contributed by atoms with E-state index in [9.17, 15) is 0 Å². The van der Waals surface area contributed by atoms with Crippen LogP contribution in [0.5, 0.6) is 0 Å². The first kappa shape index (κ1) is 17.2. The maximum Gasteiger partial charge on any atom is 0.164 e. The summed E-state index contributed by atoms with van der Waals surface area (Å²) >= 11 is 0. The van der Waals surface area contributed by atoms with Crippen LogP contribution in [0.25, 0.3) is 0 Å². The standard InChI is InChI=1S/C18H35NO2/c1-9-18(19-8)12-14-17(7,21-16(5,6)20-14)15(3,4)11-10-13(18)2/h13-14,19H,9-12H2,1-8H3/t13-,14-,17-,18-/m1/s1. The van der Waals surface area contributed by atoms with E-state index in [1.54, 1.807) is 0 Å². The Kier molecular flexibility index (Phi) is 4.28. The second-order valence-electron chi connectivity index (χ2n) is 8.50. The minimum Gasteiger partial charge on any atom is -0.344 e. The molecule has 2 fully saturated rings. The molecule has 1 heterocycles. The Hall–Kier alpha value is -0.120. The Labute approximate surface area is 131 Å². The van der Waals surface area contributed by atoms with Crippen molar-refractivity contribution in [2.24, 2.45) is 11.3 Å². The molecular weight excluding hydrogens is 262 g/mol. The van der Waals surface area contributed by atoms with Gasteiger partial charge in [-0.25, -0.2) is 0 Å². The number of ether oxygens (including phenoxy) is 2. The lowest BCUT2D eigenvalue weighted by molar-refractivity contribution is -0.182. The largest absolute Gasteiger partial charge is 0.344 e. The number of nitrogens with one attached hydrogen (secondary N) is 1. The van der Waals surface area contributed by atoms with E-state index in [0.717, 1.165) is 12.8 Å². The third-order valence-electron chi connectivity index (χ3n) is 6.67. The van der Waals surface area contributed by atoms with Crippen LogP contribution in [0.3, 0.4) is 0 Å². The van der Waals surface area contributed by atoms with Gasteiger partial charge in [-0.3, -0.25) is 0 Å². The molecule has 0 bridgehead atoms. The minimum absolute atomic E-state index is 0.118. The maximum absolute atomic E-state index is 6.46. The van der Waals surface area contributed by atoms with Gasteiger partial charge < -0.3 is 14.8 Å². The second kappa shape index (κ2) is 5.21. The van der Waals surface area contributed by atoms with Crippen LogP contribution in [-0.4, -0.2) is 30.1 Å². The predicted molar refractivity (Wildman–Crippen MR) is 87.3 cm³/mol. The summed E-state index contributed by atoms with van der Waals surface area (Å²) < 4.78 is 12.8. The highest BCUT2D eigenvalue weighted by Gasteiger charge is 2.60.